The lowest BCUT2D eigenvalue weighted by molar-refractivity contribution is -0.0286. The third kappa shape index (κ3) is 4.41. The van der Waals surface area contributed by atoms with E-state index >= 15 is 0 Å². The molecule has 0 radical (unpaired) electrons. The minimum absolute atomic E-state index is 0.0102. The van der Waals surface area contributed by atoms with Crippen LogP contribution in [-0.4, -0.2) is 18.9 Å². The third-order valence-electron chi connectivity index (χ3n) is 3.53. The third-order valence-corrected chi connectivity index (χ3v) is 3.53. The summed E-state index contributed by atoms with van der Waals surface area (Å²) in [5, 5.41) is 0. The van der Waals surface area contributed by atoms with Gasteiger partial charge in [0.15, 0.2) is 0 Å². The Balaban J connectivity index is 2.51. The van der Waals surface area contributed by atoms with Gasteiger partial charge in [-0.3, -0.25) is 0 Å². The number of hydrogen-bond acceptors (Lipinski definition) is 3. The van der Waals surface area contributed by atoms with E-state index < -0.39 is 6.16 Å². The van der Waals surface area contributed by atoms with Gasteiger partial charge in [0.25, 0.3) is 0 Å². The first-order chi connectivity index (χ1) is 8.04. The van der Waals surface area contributed by atoms with E-state index in [0.717, 1.165) is 12.8 Å². The average Bonchev–Trinajstić information content (AvgIpc) is 2.26. The molecule has 3 nitrogen and oxygen atoms in total. The first-order valence-corrected chi connectivity index (χ1v) is 6.48. The predicted molar refractivity (Wildman–Crippen MR) is 67.8 cm³/mol. The lowest BCUT2D eigenvalue weighted by Gasteiger charge is -2.36. The van der Waals surface area contributed by atoms with Crippen molar-refractivity contribution in [1.82, 2.24) is 0 Å². The minimum Gasteiger partial charge on any atom is -0.431 e. The van der Waals surface area contributed by atoms with E-state index in [-0.39, 0.29) is 12.7 Å². The molecule has 0 amide bonds. The maximum Gasteiger partial charge on any atom is 0.508 e. The maximum absolute atomic E-state index is 11.5. The molecule has 17 heavy (non-hydrogen) atoms. The number of carbonyl (C=O) groups is 1. The van der Waals surface area contributed by atoms with E-state index in [0.29, 0.717) is 17.8 Å². The van der Waals surface area contributed by atoms with Gasteiger partial charge in [0.05, 0.1) is 0 Å². The van der Waals surface area contributed by atoms with Gasteiger partial charge in [-0.05, 0) is 30.6 Å². The molecule has 0 saturated heterocycles. The summed E-state index contributed by atoms with van der Waals surface area (Å²) in [6.45, 7) is 10.3. The monoisotopic (exact) mass is 240 g/mol. The predicted octanol–water partition coefficient (Wildman–Crippen LogP) is 3.79. The Bertz CT molecular complexity index is 260. The van der Waals surface area contributed by atoms with Crippen molar-refractivity contribution < 1.29 is 14.3 Å². The van der Waals surface area contributed by atoms with E-state index in [9.17, 15) is 4.79 Å². The van der Waals surface area contributed by atoms with Crippen LogP contribution < -0.4 is 0 Å². The van der Waals surface area contributed by atoms with Crippen molar-refractivity contribution in [1.29, 1.82) is 0 Å². The van der Waals surface area contributed by atoms with Crippen molar-refractivity contribution in [3.63, 3.8) is 0 Å². The molecule has 1 aliphatic carbocycles. The molecule has 1 fully saturated rings. The van der Waals surface area contributed by atoms with Crippen LogP contribution in [0.2, 0.25) is 0 Å². The van der Waals surface area contributed by atoms with Gasteiger partial charge in [0, 0.05) is 0 Å². The summed E-state index contributed by atoms with van der Waals surface area (Å²) in [5.74, 6) is 1.63. The Labute approximate surface area is 104 Å². The van der Waals surface area contributed by atoms with Gasteiger partial charge < -0.3 is 9.47 Å². The Morgan fingerprint density at radius 3 is 2.76 bits per heavy atom. The Kier molecular flexibility index (Phi) is 5.52. The van der Waals surface area contributed by atoms with Gasteiger partial charge in [0.1, 0.15) is 12.7 Å². The Morgan fingerprint density at radius 1 is 1.47 bits per heavy atom. The SMILES string of the molecule is C=CCOC(=O)OC1CC(C)CCC1C(C)C. The molecular formula is C14H24O3. The zero-order valence-electron chi connectivity index (χ0n) is 11.1. The van der Waals surface area contributed by atoms with Crippen molar-refractivity contribution in [2.75, 3.05) is 6.61 Å². The van der Waals surface area contributed by atoms with E-state index in [1.165, 1.54) is 6.42 Å². The van der Waals surface area contributed by atoms with Gasteiger partial charge in [-0.15, -0.1) is 0 Å². The topological polar surface area (TPSA) is 35.5 Å². The molecule has 0 aromatic carbocycles. The molecule has 3 unspecified atom stereocenters. The van der Waals surface area contributed by atoms with E-state index in [4.69, 9.17) is 9.47 Å². The summed E-state index contributed by atoms with van der Waals surface area (Å²) in [7, 11) is 0. The van der Waals surface area contributed by atoms with Crippen LogP contribution in [0.4, 0.5) is 4.79 Å². The molecule has 0 spiro atoms. The maximum atomic E-state index is 11.5. The molecule has 1 saturated carbocycles. The number of carbonyl (C=O) groups excluding carboxylic acids is 1. The molecule has 0 aromatic rings. The van der Waals surface area contributed by atoms with Crippen LogP contribution in [0.25, 0.3) is 0 Å². The molecule has 1 rings (SSSR count). The van der Waals surface area contributed by atoms with Gasteiger partial charge in [-0.2, -0.15) is 0 Å². The number of ether oxygens (including phenoxy) is 2. The molecular weight excluding hydrogens is 216 g/mol. The minimum atomic E-state index is -0.561. The molecule has 1 aliphatic rings. The quantitative estimate of drug-likeness (QED) is 0.554. The molecule has 0 bridgehead atoms. The highest BCUT2D eigenvalue weighted by atomic mass is 16.7. The highest BCUT2D eigenvalue weighted by Gasteiger charge is 2.33. The van der Waals surface area contributed by atoms with Gasteiger partial charge in [-0.25, -0.2) is 4.79 Å². The van der Waals surface area contributed by atoms with Crippen LogP contribution in [0, 0.1) is 17.8 Å². The molecule has 98 valence electrons. The lowest BCUT2D eigenvalue weighted by atomic mass is 9.75. The standard InChI is InChI=1S/C14H24O3/c1-5-8-16-14(15)17-13-9-11(4)6-7-12(13)10(2)3/h5,10-13H,1,6-9H2,2-4H3. The summed E-state index contributed by atoms with van der Waals surface area (Å²) < 4.78 is 10.3. The fraction of sp³-hybridized carbons (Fsp3) is 0.786. The van der Waals surface area contributed by atoms with E-state index in [1.54, 1.807) is 6.08 Å². The number of hydrogen-bond donors (Lipinski definition) is 0. The summed E-state index contributed by atoms with van der Waals surface area (Å²) in [6, 6.07) is 0. The summed E-state index contributed by atoms with van der Waals surface area (Å²) >= 11 is 0. The van der Waals surface area contributed by atoms with Gasteiger partial charge in [-0.1, -0.05) is 39.8 Å². The van der Waals surface area contributed by atoms with Crippen molar-refractivity contribution in [2.45, 2.75) is 46.1 Å². The van der Waals surface area contributed by atoms with Crippen molar-refractivity contribution in [3.05, 3.63) is 12.7 Å². The highest BCUT2D eigenvalue weighted by Crippen LogP contribution is 2.35. The Morgan fingerprint density at radius 2 is 2.18 bits per heavy atom. The van der Waals surface area contributed by atoms with Crippen molar-refractivity contribution >= 4 is 6.16 Å². The normalized spacial score (nSPS) is 28.8. The van der Waals surface area contributed by atoms with Gasteiger partial charge >= 0.3 is 6.16 Å². The van der Waals surface area contributed by atoms with Crippen molar-refractivity contribution in [3.8, 4) is 0 Å². The lowest BCUT2D eigenvalue weighted by Crippen LogP contribution is -2.36. The molecule has 0 N–H and O–H groups in total. The molecule has 3 heteroatoms. The van der Waals surface area contributed by atoms with Gasteiger partial charge in [0.2, 0.25) is 0 Å². The van der Waals surface area contributed by atoms with E-state index in [1.807, 2.05) is 0 Å². The molecule has 0 aromatic heterocycles. The number of rotatable bonds is 4. The van der Waals surface area contributed by atoms with Crippen LogP contribution in [0.3, 0.4) is 0 Å². The fourth-order valence-electron chi connectivity index (χ4n) is 2.53. The zero-order valence-corrected chi connectivity index (χ0v) is 11.1. The first kappa shape index (κ1) is 14.1. The average molecular weight is 240 g/mol. The van der Waals surface area contributed by atoms with Crippen LogP contribution in [0.1, 0.15) is 40.0 Å². The van der Waals surface area contributed by atoms with Crippen LogP contribution in [0.5, 0.6) is 0 Å². The zero-order chi connectivity index (χ0) is 12.8. The van der Waals surface area contributed by atoms with Crippen LogP contribution >= 0.6 is 0 Å². The van der Waals surface area contributed by atoms with Crippen LogP contribution in [-0.2, 0) is 9.47 Å². The smallest absolute Gasteiger partial charge is 0.431 e. The second-order valence-electron chi connectivity index (χ2n) is 5.33. The second-order valence-corrected chi connectivity index (χ2v) is 5.33. The van der Waals surface area contributed by atoms with E-state index in [2.05, 4.69) is 27.4 Å². The second kappa shape index (κ2) is 6.67. The largest absolute Gasteiger partial charge is 0.508 e. The molecule has 0 heterocycles. The first-order valence-electron chi connectivity index (χ1n) is 6.48. The molecule has 3 atom stereocenters. The molecule has 0 aliphatic heterocycles. The summed E-state index contributed by atoms with van der Waals surface area (Å²) in [5.41, 5.74) is 0. The van der Waals surface area contributed by atoms with Crippen molar-refractivity contribution in [2.24, 2.45) is 17.8 Å². The fourth-order valence-corrected chi connectivity index (χ4v) is 2.53. The summed E-state index contributed by atoms with van der Waals surface area (Å²) in [4.78, 5) is 11.5. The highest BCUT2D eigenvalue weighted by molar-refractivity contribution is 5.60. The van der Waals surface area contributed by atoms with Crippen LogP contribution in [0.15, 0.2) is 12.7 Å². The summed E-state index contributed by atoms with van der Waals surface area (Å²) in [6.07, 6.45) is 4.31. The Hall–Kier alpha value is -0.990.